The van der Waals surface area contributed by atoms with E-state index >= 15 is 0 Å². The second-order valence-electron chi connectivity index (χ2n) is 11.7. The Labute approximate surface area is 215 Å². The zero-order chi connectivity index (χ0) is 25.5. The molecular formula is C34H34N2. The van der Waals surface area contributed by atoms with E-state index in [0.717, 1.165) is 22.5 Å². The number of fused-ring (bicyclic) bond motifs is 1. The summed E-state index contributed by atoms with van der Waals surface area (Å²) in [6.07, 6.45) is 3.85. The lowest BCUT2D eigenvalue weighted by molar-refractivity contribution is 0.589. The summed E-state index contributed by atoms with van der Waals surface area (Å²) in [5, 5.41) is 2.45. The monoisotopic (exact) mass is 470 g/mol. The lowest BCUT2D eigenvalue weighted by atomic mass is 9.86. The first-order chi connectivity index (χ1) is 17.1. The van der Waals surface area contributed by atoms with Crippen molar-refractivity contribution in [3.63, 3.8) is 0 Å². The molecule has 2 heterocycles. The van der Waals surface area contributed by atoms with Crippen LogP contribution in [-0.2, 0) is 10.8 Å². The van der Waals surface area contributed by atoms with Crippen LogP contribution >= 0.6 is 0 Å². The van der Waals surface area contributed by atoms with Crippen LogP contribution < -0.4 is 0 Å². The van der Waals surface area contributed by atoms with E-state index in [-0.39, 0.29) is 10.8 Å². The van der Waals surface area contributed by atoms with E-state index in [0.29, 0.717) is 0 Å². The Morgan fingerprint density at radius 3 is 1.67 bits per heavy atom. The van der Waals surface area contributed by atoms with Crippen LogP contribution in [0, 0.1) is 0 Å². The minimum absolute atomic E-state index is 0.0818. The molecule has 0 aliphatic carbocycles. The standard InChI is InChI=1S/C34H34N2/c1-33(2,3)27-15-17-35-31(21-27)25-11-7-10-24(19-25)29-12-8-9-23-13-14-26(20-30(23)29)32-22-28(16-18-36-32)34(4,5)6/h7-22H,1-6H3. The Hall–Kier alpha value is -3.78. The summed E-state index contributed by atoms with van der Waals surface area (Å²) in [6, 6.07) is 30.6. The molecule has 0 unspecified atom stereocenters. The minimum Gasteiger partial charge on any atom is -0.256 e. The van der Waals surface area contributed by atoms with Gasteiger partial charge in [-0.2, -0.15) is 0 Å². The SMILES string of the molecule is CC(C)(C)c1ccnc(-c2cccc(-c3cccc4ccc(-c5cc(C(C)(C)C)ccn5)cc34)c2)c1. The quantitative estimate of drug-likeness (QED) is 0.263. The molecule has 0 amide bonds. The van der Waals surface area contributed by atoms with E-state index in [9.17, 15) is 0 Å². The zero-order valence-corrected chi connectivity index (χ0v) is 22.1. The maximum absolute atomic E-state index is 4.71. The molecule has 0 saturated heterocycles. The zero-order valence-electron chi connectivity index (χ0n) is 22.1. The van der Waals surface area contributed by atoms with Gasteiger partial charge in [-0.1, -0.05) is 90.1 Å². The highest BCUT2D eigenvalue weighted by Gasteiger charge is 2.16. The molecule has 0 saturated carbocycles. The van der Waals surface area contributed by atoms with Gasteiger partial charge in [-0.05, 0) is 80.3 Å². The Bertz CT molecular complexity index is 1550. The second kappa shape index (κ2) is 9.02. The number of rotatable bonds is 3. The van der Waals surface area contributed by atoms with Crippen molar-refractivity contribution in [2.45, 2.75) is 52.4 Å². The van der Waals surface area contributed by atoms with Crippen molar-refractivity contribution in [1.29, 1.82) is 0 Å². The van der Waals surface area contributed by atoms with Gasteiger partial charge in [0.15, 0.2) is 0 Å². The Morgan fingerprint density at radius 2 is 1.06 bits per heavy atom. The molecular weight excluding hydrogens is 436 g/mol. The fourth-order valence-electron chi connectivity index (χ4n) is 4.64. The molecule has 0 spiro atoms. The van der Waals surface area contributed by atoms with Crippen LogP contribution in [0.25, 0.3) is 44.4 Å². The van der Waals surface area contributed by atoms with Crippen molar-refractivity contribution in [2.75, 3.05) is 0 Å². The molecule has 2 heteroatoms. The van der Waals surface area contributed by atoms with Crippen molar-refractivity contribution in [3.05, 3.63) is 108 Å². The predicted octanol–water partition coefficient (Wildman–Crippen LogP) is 9.23. The fraction of sp³-hybridized carbons (Fsp3) is 0.235. The number of nitrogens with zero attached hydrogens (tertiary/aromatic N) is 2. The number of aromatic nitrogens is 2. The minimum atomic E-state index is 0.0818. The van der Waals surface area contributed by atoms with E-state index in [2.05, 4.69) is 126 Å². The molecule has 0 radical (unpaired) electrons. The summed E-state index contributed by atoms with van der Waals surface area (Å²) in [5.74, 6) is 0. The predicted molar refractivity (Wildman–Crippen MR) is 153 cm³/mol. The van der Waals surface area contributed by atoms with Crippen molar-refractivity contribution < 1.29 is 0 Å². The van der Waals surface area contributed by atoms with Gasteiger partial charge in [-0.25, -0.2) is 0 Å². The van der Waals surface area contributed by atoms with Crippen LogP contribution in [0.2, 0.25) is 0 Å². The van der Waals surface area contributed by atoms with Gasteiger partial charge in [0.1, 0.15) is 0 Å². The average Bonchev–Trinajstić information content (AvgIpc) is 2.87. The van der Waals surface area contributed by atoms with Crippen molar-refractivity contribution in [2.24, 2.45) is 0 Å². The lowest BCUT2D eigenvalue weighted by Crippen LogP contribution is -2.11. The van der Waals surface area contributed by atoms with Gasteiger partial charge < -0.3 is 0 Å². The third-order valence-corrected chi connectivity index (χ3v) is 6.90. The molecule has 0 atom stereocenters. The molecule has 5 rings (SSSR count). The summed E-state index contributed by atoms with van der Waals surface area (Å²) in [5.41, 5.74) is 9.44. The highest BCUT2D eigenvalue weighted by Crippen LogP contribution is 2.35. The number of pyridine rings is 2. The largest absolute Gasteiger partial charge is 0.256 e. The van der Waals surface area contributed by atoms with Gasteiger partial charge in [0.2, 0.25) is 0 Å². The topological polar surface area (TPSA) is 25.8 Å². The fourth-order valence-corrected chi connectivity index (χ4v) is 4.64. The third kappa shape index (κ3) is 4.81. The third-order valence-electron chi connectivity index (χ3n) is 6.90. The number of hydrogen-bond donors (Lipinski definition) is 0. The molecule has 2 aromatic heterocycles. The molecule has 36 heavy (non-hydrogen) atoms. The summed E-state index contributed by atoms with van der Waals surface area (Å²) < 4.78 is 0. The number of hydrogen-bond acceptors (Lipinski definition) is 2. The van der Waals surface area contributed by atoms with Gasteiger partial charge in [0, 0.05) is 23.5 Å². The van der Waals surface area contributed by atoms with Crippen LogP contribution in [0.4, 0.5) is 0 Å². The molecule has 0 bridgehead atoms. The Morgan fingerprint density at radius 1 is 0.500 bits per heavy atom. The molecule has 3 aromatic carbocycles. The van der Waals surface area contributed by atoms with Crippen molar-refractivity contribution >= 4 is 10.8 Å². The summed E-state index contributed by atoms with van der Waals surface area (Å²) in [4.78, 5) is 9.40. The average molecular weight is 471 g/mol. The Kier molecular flexibility index (Phi) is 6.00. The van der Waals surface area contributed by atoms with E-state index < -0.39 is 0 Å². The number of benzene rings is 3. The van der Waals surface area contributed by atoms with Gasteiger partial charge in [-0.3, -0.25) is 9.97 Å². The highest BCUT2D eigenvalue weighted by atomic mass is 14.7. The Balaban J connectivity index is 1.61. The molecule has 0 aliphatic heterocycles. The van der Waals surface area contributed by atoms with E-state index in [1.807, 2.05) is 12.4 Å². The second-order valence-corrected chi connectivity index (χ2v) is 11.7. The van der Waals surface area contributed by atoms with Crippen LogP contribution in [0.15, 0.2) is 97.3 Å². The van der Waals surface area contributed by atoms with Gasteiger partial charge in [0.05, 0.1) is 11.4 Å². The van der Waals surface area contributed by atoms with Crippen molar-refractivity contribution in [3.8, 4) is 33.6 Å². The molecule has 0 aliphatic rings. The van der Waals surface area contributed by atoms with E-state index in [1.54, 1.807) is 0 Å². The normalized spacial score (nSPS) is 12.2. The smallest absolute Gasteiger partial charge is 0.0705 e. The first-order valence-corrected chi connectivity index (χ1v) is 12.7. The summed E-state index contributed by atoms with van der Waals surface area (Å²) in [7, 11) is 0. The first-order valence-electron chi connectivity index (χ1n) is 12.7. The van der Waals surface area contributed by atoms with Gasteiger partial charge in [-0.15, -0.1) is 0 Å². The van der Waals surface area contributed by atoms with Gasteiger partial charge >= 0.3 is 0 Å². The van der Waals surface area contributed by atoms with E-state index in [1.165, 1.54) is 33.0 Å². The van der Waals surface area contributed by atoms with Crippen LogP contribution in [0.3, 0.4) is 0 Å². The van der Waals surface area contributed by atoms with Crippen LogP contribution in [0.1, 0.15) is 52.7 Å². The maximum Gasteiger partial charge on any atom is 0.0705 e. The first kappa shape index (κ1) is 23.9. The molecule has 2 nitrogen and oxygen atoms in total. The highest BCUT2D eigenvalue weighted by molar-refractivity contribution is 5.99. The van der Waals surface area contributed by atoms with E-state index in [4.69, 9.17) is 9.97 Å². The maximum atomic E-state index is 4.71. The van der Waals surface area contributed by atoms with Crippen molar-refractivity contribution in [1.82, 2.24) is 9.97 Å². The molecule has 5 aromatic rings. The van der Waals surface area contributed by atoms with Crippen LogP contribution in [0.5, 0.6) is 0 Å². The molecule has 0 fully saturated rings. The lowest BCUT2D eigenvalue weighted by Gasteiger charge is -2.19. The van der Waals surface area contributed by atoms with Crippen LogP contribution in [-0.4, -0.2) is 9.97 Å². The molecule has 180 valence electrons. The summed E-state index contributed by atoms with van der Waals surface area (Å²) in [6.45, 7) is 13.4. The summed E-state index contributed by atoms with van der Waals surface area (Å²) >= 11 is 0. The van der Waals surface area contributed by atoms with Gasteiger partial charge in [0.25, 0.3) is 0 Å². The molecule has 0 N–H and O–H groups in total.